The van der Waals surface area contributed by atoms with Crippen molar-refractivity contribution in [1.82, 2.24) is 14.9 Å². The predicted molar refractivity (Wildman–Crippen MR) is 108 cm³/mol. The number of halogens is 2. The van der Waals surface area contributed by atoms with Crippen molar-refractivity contribution >= 4 is 5.91 Å². The fraction of sp³-hybridized carbons (Fsp3) is 0.273. The van der Waals surface area contributed by atoms with E-state index < -0.39 is 22.7 Å². The molecule has 1 amide bonds. The van der Waals surface area contributed by atoms with Crippen LogP contribution < -0.4 is 10.4 Å². The van der Waals surface area contributed by atoms with E-state index in [-0.39, 0.29) is 30.6 Å². The van der Waals surface area contributed by atoms with Crippen molar-refractivity contribution in [3.63, 3.8) is 0 Å². The number of aromatic hydroxyl groups is 1. The Labute approximate surface area is 176 Å². The van der Waals surface area contributed by atoms with Gasteiger partial charge in [0.25, 0.3) is 0 Å². The molecule has 0 saturated carbocycles. The molecule has 1 aromatic heterocycles. The summed E-state index contributed by atoms with van der Waals surface area (Å²) < 4.78 is 32.2. The molecule has 2 aromatic carbocycles. The number of aromatic nitrogens is 2. The number of benzene rings is 2. The van der Waals surface area contributed by atoms with Gasteiger partial charge in [-0.05, 0) is 48.7 Å². The first-order valence-corrected chi connectivity index (χ1v) is 9.72. The zero-order valence-electron chi connectivity index (χ0n) is 16.7. The molecule has 1 fully saturated rings. The molecular formula is C22H21F2N3O4. The van der Waals surface area contributed by atoms with Crippen molar-refractivity contribution in [3.8, 4) is 11.6 Å². The molecule has 1 saturated heterocycles. The fourth-order valence-electron chi connectivity index (χ4n) is 3.83. The SMILES string of the molecule is CC1(c2ccc(OCc3cc(F)cc(F)c3)cc2)CCN(Cc2[nH]c(=O)[nH]c2O)C1=O. The van der Waals surface area contributed by atoms with Gasteiger partial charge in [-0.15, -0.1) is 0 Å². The summed E-state index contributed by atoms with van der Waals surface area (Å²) in [5, 5.41) is 9.74. The first kappa shape index (κ1) is 20.6. The lowest BCUT2D eigenvalue weighted by molar-refractivity contribution is -0.132. The molecule has 1 aliphatic heterocycles. The predicted octanol–water partition coefficient (Wildman–Crippen LogP) is 2.96. The number of aromatic amines is 2. The molecule has 9 heteroatoms. The van der Waals surface area contributed by atoms with Crippen molar-refractivity contribution in [2.24, 2.45) is 0 Å². The van der Waals surface area contributed by atoms with E-state index in [1.807, 2.05) is 6.92 Å². The van der Waals surface area contributed by atoms with E-state index in [0.29, 0.717) is 24.3 Å². The van der Waals surface area contributed by atoms with Gasteiger partial charge in [-0.25, -0.2) is 13.6 Å². The van der Waals surface area contributed by atoms with E-state index in [0.717, 1.165) is 11.6 Å². The lowest BCUT2D eigenvalue weighted by Crippen LogP contribution is -2.35. The molecule has 3 aromatic rings. The fourth-order valence-corrected chi connectivity index (χ4v) is 3.83. The van der Waals surface area contributed by atoms with Crippen LogP contribution in [0.1, 0.15) is 30.2 Å². The molecule has 1 aliphatic rings. The van der Waals surface area contributed by atoms with Crippen LogP contribution in [0.2, 0.25) is 0 Å². The molecule has 1 atom stereocenters. The van der Waals surface area contributed by atoms with Crippen molar-refractivity contribution in [2.45, 2.75) is 31.9 Å². The number of likely N-dealkylation sites (tertiary alicyclic amines) is 1. The van der Waals surface area contributed by atoms with Crippen molar-refractivity contribution in [1.29, 1.82) is 0 Å². The van der Waals surface area contributed by atoms with Gasteiger partial charge in [-0.2, -0.15) is 0 Å². The molecule has 3 N–H and O–H groups in total. The average molecular weight is 429 g/mol. The molecule has 4 rings (SSSR count). The normalized spacial score (nSPS) is 18.5. The Morgan fingerprint density at radius 1 is 1.10 bits per heavy atom. The van der Waals surface area contributed by atoms with Crippen LogP contribution in [0.5, 0.6) is 11.6 Å². The van der Waals surface area contributed by atoms with Crippen molar-refractivity contribution in [2.75, 3.05) is 6.54 Å². The number of imidazole rings is 1. The van der Waals surface area contributed by atoms with Gasteiger partial charge < -0.3 is 19.7 Å². The molecule has 0 bridgehead atoms. The van der Waals surface area contributed by atoms with E-state index in [9.17, 15) is 23.5 Å². The second-order valence-electron chi connectivity index (χ2n) is 7.81. The maximum absolute atomic E-state index is 13.3. The summed E-state index contributed by atoms with van der Waals surface area (Å²) in [7, 11) is 0. The molecule has 0 aliphatic carbocycles. The summed E-state index contributed by atoms with van der Waals surface area (Å²) in [6.45, 7) is 2.44. The van der Waals surface area contributed by atoms with Crippen molar-refractivity contribution in [3.05, 3.63) is 81.4 Å². The van der Waals surface area contributed by atoms with Crippen LogP contribution in [-0.2, 0) is 23.4 Å². The maximum Gasteiger partial charge on any atom is 0.326 e. The van der Waals surface area contributed by atoms with Crippen LogP contribution in [0.15, 0.2) is 47.3 Å². The smallest absolute Gasteiger partial charge is 0.326 e. The van der Waals surface area contributed by atoms with Gasteiger partial charge in [0.15, 0.2) is 0 Å². The minimum atomic E-state index is -0.754. The number of amides is 1. The first-order chi connectivity index (χ1) is 14.7. The highest BCUT2D eigenvalue weighted by Crippen LogP contribution is 2.37. The lowest BCUT2D eigenvalue weighted by Gasteiger charge is -2.24. The molecule has 31 heavy (non-hydrogen) atoms. The van der Waals surface area contributed by atoms with Gasteiger partial charge in [0.2, 0.25) is 11.8 Å². The number of ether oxygens (including phenoxy) is 1. The summed E-state index contributed by atoms with van der Waals surface area (Å²) in [4.78, 5) is 30.7. The summed E-state index contributed by atoms with van der Waals surface area (Å²) in [6, 6.07) is 10.2. The maximum atomic E-state index is 13.3. The van der Waals surface area contributed by atoms with Crippen LogP contribution in [0, 0.1) is 11.6 Å². The molecule has 0 radical (unpaired) electrons. The van der Waals surface area contributed by atoms with E-state index in [2.05, 4.69) is 9.97 Å². The minimum absolute atomic E-state index is 0.0103. The Kier molecular flexibility index (Phi) is 5.26. The number of rotatable bonds is 6. The Balaban J connectivity index is 1.43. The first-order valence-electron chi connectivity index (χ1n) is 9.72. The quantitative estimate of drug-likeness (QED) is 0.561. The molecule has 2 heterocycles. The van der Waals surface area contributed by atoms with Gasteiger partial charge in [-0.3, -0.25) is 9.78 Å². The summed E-state index contributed by atoms with van der Waals surface area (Å²) in [5.41, 5.74) is 0.159. The van der Waals surface area contributed by atoms with Gasteiger partial charge in [-0.1, -0.05) is 12.1 Å². The topological polar surface area (TPSA) is 98.4 Å². The molecule has 1 unspecified atom stereocenters. The number of carbonyl (C=O) groups is 1. The molecule has 162 valence electrons. The third-order valence-corrected chi connectivity index (χ3v) is 5.59. The second-order valence-corrected chi connectivity index (χ2v) is 7.81. The van der Waals surface area contributed by atoms with Gasteiger partial charge >= 0.3 is 5.69 Å². The van der Waals surface area contributed by atoms with Crippen LogP contribution in [0.3, 0.4) is 0 Å². The van der Waals surface area contributed by atoms with Crippen LogP contribution in [-0.4, -0.2) is 32.4 Å². The van der Waals surface area contributed by atoms with Gasteiger partial charge in [0.05, 0.1) is 17.7 Å². The van der Waals surface area contributed by atoms with Gasteiger partial charge in [0.1, 0.15) is 24.0 Å². The highest BCUT2D eigenvalue weighted by atomic mass is 19.1. The van der Waals surface area contributed by atoms with E-state index in [1.54, 1.807) is 29.2 Å². The Hall–Kier alpha value is -3.62. The zero-order chi connectivity index (χ0) is 22.2. The standard InChI is InChI=1S/C22H21F2N3O4/c1-22(6-7-27(20(22)29)11-18-19(28)26-21(30)25-18)14-2-4-17(5-3-14)31-12-13-8-15(23)10-16(24)9-13/h2-5,8-10,28H,6-7,11-12H2,1H3,(H2,25,26,30). The lowest BCUT2D eigenvalue weighted by atomic mass is 9.81. The monoisotopic (exact) mass is 429 g/mol. The van der Waals surface area contributed by atoms with Crippen molar-refractivity contribution < 1.29 is 23.4 Å². The average Bonchev–Trinajstić information content (AvgIpc) is 3.19. The number of nitrogens with one attached hydrogen (secondary N) is 2. The van der Waals surface area contributed by atoms with E-state index in [1.165, 1.54) is 12.1 Å². The third-order valence-electron chi connectivity index (χ3n) is 5.59. The highest BCUT2D eigenvalue weighted by Gasteiger charge is 2.44. The molecule has 7 nitrogen and oxygen atoms in total. The molecule has 0 spiro atoms. The minimum Gasteiger partial charge on any atom is -0.493 e. The van der Waals surface area contributed by atoms with Crippen LogP contribution in [0.25, 0.3) is 0 Å². The largest absolute Gasteiger partial charge is 0.493 e. The second kappa shape index (κ2) is 7.90. The third kappa shape index (κ3) is 4.16. The number of hydrogen-bond donors (Lipinski definition) is 3. The summed E-state index contributed by atoms with van der Waals surface area (Å²) >= 11 is 0. The number of hydrogen-bond acceptors (Lipinski definition) is 4. The Morgan fingerprint density at radius 2 is 1.77 bits per heavy atom. The highest BCUT2D eigenvalue weighted by molar-refractivity contribution is 5.90. The Bertz CT molecular complexity index is 1150. The number of nitrogens with zero attached hydrogens (tertiary/aromatic N) is 1. The number of H-pyrrole nitrogens is 2. The number of carbonyl (C=O) groups excluding carboxylic acids is 1. The van der Waals surface area contributed by atoms with Crippen LogP contribution in [0.4, 0.5) is 8.78 Å². The summed E-state index contributed by atoms with van der Waals surface area (Å²) in [5.74, 6) is -1.20. The molecular weight excluding hydrogens is 408 g/mol. The van der Waals surface area contributed by atoms with E-state index in [4.69, 9.17) is 4.74 Å². The summed E-state index contributed by atoms with van der Waals surface area (Å²) in [6.07, 6.45) is 0.573. The van der Waals surface area contributed by atoms with Gasteiger partial charge in [0, 0.05) is 12.6 Å². The zero-order valence-corrected chi connectivity index (χ0v) is 16.7. The Morgan fingerprint density at radius 3 is 2.39 bits per heavy atom. The van der Waals surface area contributed by atoms with E-state index >= 15 is 0 Å². The van der Waals surface area contributed by atoms with Crippen LogP contribution >= 0.6 is 0 Å².